The van der Waals surface area contributed by atoms with Crippen LogP contribution in [0.1, 0.15) is 37.6 Å². The summed E-state index contributed by atoms with van der Waals surface area (Å²) in [7, 11) is 0. The van der Waals surface area contributed by atoms with Gasteiger partial charge in [-0.25, -0.2) is 0 Å². The predicted octanol–water partition coefficient (Wildman–Crippen LogP) is 3.89. The monoisotopic (exact) mass is 255 g/mol. The van der Waals surface area contributed by atoms with E-state index in [9.17, 15) is 0 Å². The highest BCUT2D eigenvalue weighted by molar-refractivity contribution is 9.09. The van der Waals surface area contributed by atoms with Gasteiger partial charge >= 0.3 is 0 Å². The number of halogens is 1. The number of pyridine rings is 1. The lowest BCUT2D eigenvalue weighted by Crippen LogP contribution is -2.04. The Bertz CT molecular complexity index is 273. The maximum Gasteiger partial charge on any atom is 0.0417 e. The lowest BCUT2D eigenvalue weighted by Gasteiger charge is -2.08. The van der Waals surface area contributed by atoms with E-state index in [-0.39, 0.29) is 0 Å². The van der Waals surface area contributed by atoms with Crippen molar-refractivity contribution in [2.45, 2.75) is 44.4 Å². The molecule has 1 aromatic heterocycles. The van der Waals surface area contributed by atoms with E-state index in [1.807, 2.05) is 13.0 Å². The molecule has 0 spiro atoms. The molecule has 0 aliphatic carbocycles. The fourth-order valence-electron chi connectivity index (χ4n) is 1.47. The average molecular weight is 256 g/mol. The molecule has 0 aliphatic heterocycles. The molecule has 0 amide bonds. The molecule has 0 radical (unpaired) electrons. The molecular weight excluding hydrogens is 238 g/mol. The van der Waals surface area contributed by atoms with Crippen molar-refractivity contribution in [3.05, 3.63) is 29.6 Å². The Morgan fingerprint density at radius 1 is 1.43 bits per heavy atom. The standard InChI is InChI=1S/C12H18BrN/c1-3-4-7-11(13)9-12-8-5-6-10(2)14-12/h5-6,8,11H,3-4,7,9H2,1-2H3. The average Bonchev–Trinajstić information content (AvgIpc) is 2.15. The highest BCUT2D eigenvalue weighted by Crippen LogP contribution is 2.14. The number of aromatic nitrogens is 1. The van der Waals surface area contributed by atoms with Crippen molar-refractivity contribution in [2.75, 3.05) is 0 Å². The first-order valence-corrected chi connectivity index (χ1v) is 6.20. The molecule has 0 aliphatic rings. The molecule has 0 saturated heterocycles. The van der Waals surface area contributed by atoms with E-state index in [4.69, 9.17) is 0 Å². The van der Waals surface area contributed by atoms with E-state index in [1.54, 1.807) is 0 Å². The summed E-state index contributed by atoms with van der Waals surface area (Å²) >= 11 is 3.70. The molecule has 14 heavy (non-hydrogen) atoms. The minimum absolute atomic E-state index is 0.580. The molecule has 2 heteroatoms. The summed E-state index contributed by atoms with van der Waals surface area (Å²) < 4.78 is 0. The third-order valence-electron chi connectivity index (χ3n) is 2.25. The zero-order valence-corrected chi connectivity index (χ0v) is 10.5. The highest BCUT2D eigenvalue weighted by Gasteiger charge is 2.05. The fourth-order valence-corrected chi connectivity index (χ4v) is 2.12. The highest BCUT2D eigenvalue weighted by atomic mass is 79.9. The number of hydrogen-bond acceptors (Lipinski definition) is 1. The van der Waals surface area contributed by atoms with Gasteiger partial charge in [0.2, 0.25) is 0 Å². The van der Waals surface area contributed by atoms with E-state index >= 15 is 0 Å². The summed E-state index contributed by atoms with van der Waals surface area (Å²) in [5.41, 5.74) is 2.31. The number of unbranched alkanes of at least 4 members (excludes halogenated alkanes) is 1. The quantitative estimate of drug-likeness (QED) is 0.728. The molecule has 0 saturated carbocycles. The molecule has 78 valence electrons. The Kier molecular flexibility index (Phi) is 5.16. The Morgan fingerprint density at radius 2 is 2.21 bits per heavy atom. The maximum absolute atomic E-state index is 4.49. The molecule has 1 rings (SSSR count). The number of alkyl halides is 1. The second kappa shape index (κ2) is 6.18. The van der Waals surface area contributed by atoms with E-state index in [0.717, 1.165) is 12.1 Å². The van der Waals surface area contributed by atoms with Crippen LogP contribution in [0.25, 0.3) is 0 Å². The third kappa shape index (κ3) is 4.23. The van der Waals surface area contributed by atoms with E-state index in [2.05, 4.69) is 40.0 Å². The molecule has 1 unspecified atom stereocenters. The van der Waals surface area contributed by atoms with Crippen LogP contribution >= 0.6 is 15.9 Å². The summed E-state index contributed by atoms with van der Waals surface area (Å²) in [6.45, 7) is 4.27. The maximum atomic E-state index is 4.49. The Labute approximate surface area is 95.1 Å². The predicted molar refractivity (Wildman–Crippen MR) is 64.9 cm³/mol. The summed E-state index contributed by atoms with van der Waals surface area (Å²) in [5, 5.41) is 0. The zero-order valence-electron chi connectivity index (χ0n) is 8.96. The van der Waals surface area contributed by atoms with Crippen LogP contribution in [0.15, 0.2) is 18.2 Å². The van der Waals surface area contributed by atoms with Crippen molar-refractivity contribution in [2.24, 2.45) is 0 Å². The lowest BCUT2D eigenvalue weighted by atomic mass is 10.1. The van der Waals surface area contributed by atoms with Crippen LogP contribution in [-0.2, 0) is 6.42 Å². The van der Waals surface area contributed by atoms with Crippen LogP contribution in [0, 0.1) is 6.92 Å². The molecule has 1 aromatic rings. The van der Waals surface area contributed by atoms with E-state index < -0.39 is 0 Å². The molecule has 0 bridgehead atoms. The lowest BCUT2D eigenvalue weighted by molar-refractivity contribution is 0.681. The van der Waals surface area contributed by atoms with Gasteiger partial charge in [-0.1, -0.05) is 41.8 Å². The van der Waals surface area contributed by atoms with Crippen molar-refractivity contribution < 1.29 is 0 Å². The summed E-state index contributed by atoms with van der Waals surface area (Å²) in [4.78, 5) is 5.07. The van der Waals surface area contributed by atoms with Crippen LogP contribution in [0.2, 0.25) is 0 Å². The van der Waals surface area contributed by atoms with Crippen LogP contribution in [0.3, 0.4) is 0 Å². The summed E-state index contributed by atoms with van der Waals surface area (Å²) in [6.07, 6.45) is 4.85. The van der Waals surface area contributed by atoms with Gasteiger partial charge in [-0.05, 0) is 25.5 Å². The zero-order chi connectivity index (χ0) is 10.4. The van der Waals surface area contributed by atoms with E-state index in [1.165, 1.54) is 25.0 Å². The molecule has 1 nitrogen and oxygen atoms in total. The molecular formula is C12H18BrN. The topological polar surface area (TPSA) is 12.9 Å². The second-order valence-electron chi connectivity index (χ2n) is 3.71. The van der Waals surface area contributed by atoms with Crippen LogP contribution < -0.4 is 0 Å². The van der Waals surface area contributed by atoms with Crippen molar-refractivity contribution in [1.29, 1.82) is 0 Å². The first-order chi connectivity index (χ1) is 6.72. The van der Waals surface area contributed by atoms with Crippen molar-refractivity contribution in [3.8, 4) is 0 Å². The van der Waals surface area contributed by atoms with Gasteiger partial charge < -0.3 is 0 Å². The van der Waals surface area contributed by atoms with Crippen molar-refractivity contribution in [1.82, 2.24) is 4.98 Å². The normalized spacial score (nSPS) is 12.8. The second-order valence-corrected chi connectivity index (χ2v) is 5.01. The minimum Gasteiger partial charge on any atom is -0.258 e. The molecule has 0 fully saturated rings. The Hall–Kier alpha value is -0.370. The van der Waals surface area contributed by atoms with Gasteiger partial charge in [0.1, 0.15) is 0 Å². The third-order valence-corrected chi connectivity index (χ3v) is 3.03. The molecule has 0 N–H and O–H groups in total. The molecule has 1 atom stereocenters. The largest absolute Gasteiger partial charge is 0.258 e. The van der Waals surface area contributed by atoms with Crippen molar-refractivity contribution in [3.63, 3.8) is 0 Å². The summed E-state index contributed by atoms with van der Waals surface area (Å²) in [5.74, 6) is 0. The van der Waals surface area contributed by atoms with Crippen LogP contribution in [0.5, 0.6) is 0 Å². The van der Waals surface area contributed by atoms with E-state index in [0.29, 0.717) is 4.83 Å². The van der Waals surface area contributed by atoms with Gasteiger partial charge in [0.15, 0.2) is 0 Å². The Balaban J connectivity index is 2.43. The number of rotatable bonds is 5. The van der Waals surface area contributed by atoms with Gasteiger partial charge in [-0.2, -0.15) is 0 Å². The smallest absolute Gasteiger partial charge is 0.0417 e. The Morgan fingerprint density at radius 3 is 2.86 bits per heavy atom. The fraction of sp³-hybridized carbons (Fsp3) is 0.583. The summed E-state index contributed by atoms with van der Waals surface area (Å²) in [6, 6.07) is 6.23. The van der Waals surface area contributed by atoms with Crippen LogP contribution in [0.4, 0.5) is 0 Å². The van der Waals surface area contributed by atoms with Gasteiger partial charge in [0, 0.05) is 22.6 Å². The van der Waals surface area contributed by atoms with Gasteiger partial charge in [0.05, 0.1) is 0 Å². The number of aryl methyl sites for hydroxylation is 1. The van der Waals surface area contributed by atoms with Gasteiger partial charge in [-0.15, -0.1) is 0 Å². The first kappa shape index (κ1) is 11.7. The van der Waals surface area contributed by atoms with Gasteiger partial charge in [0.25, 0.3) is 0 Å². The van der Waals surface area contributed by atoms with Crippen LogP contribution in [-0.4, -0.2) is 9.81 Å². The number of nitrogens with zero attached hydrogens (tertiary/aromatic N) is 1. The van der Waals surface area contributed by atoms with Crippen molar-refractivity contribution >= 4 is 15.9 Å². The molecule has 1 heterocycles. The number of hydrogen-bond donors (Lipinski definition) is 0. The minimum atomic E-state index is 0.580. The first-order valence-electron chi connectivity index (χ1n) is 5.29. The SMILES string of the molecule is CCCCC(Br)Cc1cccc(C)n1. The molecule has 0 aromatic carbocycles. The van der Waals surface area contributed by atoms with Gasteiger partial charge in [-0.3, -0.25) is 4.98 Å².